The number of methoxy groups -OCH3 is 1. The zero-order valence-electron chi connectivity index (χ0n) is 11.2. The van der Waals surface area contributed by atoms with Crippen molar-refractivity contribution in [1.29, 1.82) is 0 Å². The third-order valence-electron chi connectivity index (χ3n) is 3.12. The first-order valence-electron chi connectivity index (χ1n) is 6.43. The number of carbonyl (C=O) groups is 2. The molecule has 2 rings (SSSR count). The lowest BCUT2D eigenvalue weighted by Crippen LogP contribution is -2.30. The molecule has 0 amide bonds. The molecule has 4 nitrogen and oxygen atoms in total. The van der Waals surface area contributed by atoms with E-state index in [1.54, 1.807) is 19.1 Å². The van der Waals surface area contributed by atoms with Gasteiger partial charge in [0.15, 0.2) is 6.10 Å². The van der Waals surface area contributed by atoms with Gasteiger partial charge in [-0.15, -0.1) is 0 Å². The van der Waals surface area contributed by atoms with Gasteiger partial charge in [-0.25, -0.2) is 4.79 Å². The van der Waals surface area contributed by atoms with E-state index in [9.17, 15) is 9.59 Å². The SMILES string of the molecule is COC(=O)C(Oc1ccc(CC(C)=O)cc1)C1CC1. The summed E-state index contributed by atoms with van der Waals surface area (Å²) in [5.74, 6) is 0.702. The molecule has 4 heteroatoms. The van der Waals surface area contributed by atoms with E-state index >= 15 is 0 Å². The number of hydrogen-bond donors (Lipinski definition) is 0. The van der Waals surface area contributed by atoms with Gasteiger partial charge in [0, 0.05) is 12.3 Å². The molecule has 0 radical (unpaired) electrons. The maximum absolute atomic E-state index is 11.6. The van der Waals surface area contributed by atoms with Gasteiger partial charge >= 0.3 is 5.97 Å². The molecule has 1 unspecified atom stereocenters. The lowest BCUT2D eigenvalue weighted by molar-refractivity contribution is -0.149. The summed E-state index contributed by atoms with van der Waals surface area (Å²) in [6.45, 7) is 1.56. The summed E-state index contributed by atoms with van der Waals surface area (Å²) in [7, 11) is 1.37. The zero-order chi connectivity index (χ0) is 13.8. The number of ketones is 1. The van der Waals surface area contributed by atoms with Crippen LogP contribution in [-0.2, 0) is 20.7 Å². The van der Waals surface area contributed by atoms with Crippen molar-refractivity contribution in [1.82, 2.24) is 0 Å². The summed E-state index contributed by atoms with van der Waals surface area (Å²) in [6.07, 6.45) is 1.91. The van der Waals surface area contributed by atoms with Crippen LogP contribution in [0.2, 0.25) is 0 Å². The highest BCUT2D eigenvalue weighted by Gasteiger charge is 2.38. The molecule has 0 aliphatic heterocycles. The fourth-order valence-corrected chi connectivity index (χ4v) is 1.97. The van der Waals surface area contributed by atoms with Gasteiger partial charge in [-0.05, 0) is 37.5 Å². The Bertz CT molecular complexity index is 460. The van der Waals surface area contributed by atoms with E-state index in [0.717, 1.165) is 18.4 Å². The molecule has 1 aliphatic carbocycles. The van der Waals surface area contributed by atoms with Gasteiger partial charge in [-0.2, -0.15) is 0 Å². The van der Waals surface area contributed by atoms with Crippen LogP contribution in [0.4, 0.5) is 0 Å². The lowest BCUT2D eigenvalue weighted by atomic mass is 10.1. The molecule has 1 aliphatic rings. The zero-order valence-corrected chi connectivity index (χ0v) is 11.2. The predicted molar refractivity (Wildman–Crippen MR) is 70.0 cm³/mol. The monoisotopic (exact) mass is 262 g/mol. The van der Waals surface area contributed by atoms with E-state index in [1.165, 1.54) is 7.11 Å². The maximum Gasteiger partial charge on any atom is 0.347 e. The Morgan fingerprint density at radius 2 is 1.89 bits per heavy atom. The molecule has 0 spiro atoms. The molecule has 0 heterocycles. The average molecular weight is 262 g/mol. The Morgan fingerprint density at radius 3 is 2.37 bits per heavy atom. The number of Topliss-reactive ketones (excluding diaryl/α,β-unsaturated/α-hetero) is 1. The van der Waals surface area contributed by atoms with Crippen molar-refractivity contribution in [2.24, 2.45) is 5.92 Å². The minimum Gasteiger partial charge on any atom is -0.478 e. The van der Waals surface area contributed by atoms with Crippen LogP contribution in [0.3, 0.4) is 0 Å². The molecule has 0 saturated heterocycles. The number of carbonyl (C=O) groups excluding carboxylic acids is 2. The smallest absolute Gasteiger partial charge is 0.347 e. The maximum atomic E-state index is 11.6. The standard InChI is InChI=1S/C15H18O4/c1-10(16)9-11-3-7-13(8-4-11)19-14(12-5-6-12)15(17)18-2/h3-4,7-8,12,14H,5-6,9H2,1-2H3. The van der Waals surface area contributed by atoms with E-state index in [1.807, 2.05) is 12.1 Å². The second-order valence-corrected chi connectivity index (χ2v) is 4.92. The summed E-state index contributed by atoms with van der Waals surface area (Å²) < 4.78 is 10.4. The third kappa shape index (κ3) is 3.81. The Morgan fingerprint density at radius 1 is 1.26 bits per heavy atom. The molecule has 102 valence electrons. The van der Waals surface area contributed by atoms with E-state index < -0.39 is 6.10 Å². The Labute approximate surface area is 112 Å². The van der Waals surface area contributed by atoms with Crippen LogP contribution in [0.1, 0.15) is 25.3 Å². The summed E-state index contributed by atoms with van der Waals surface area (Å²) in [5.41, 5.74) is 0.945. The summed E-state index contributed by atoms with van der Waals surface area (Å²) in [4.78, 5) is 22.6. The van der Waals surface area contributed by atoms with Gasteiger partial charge < -0.3 is 9.47 Å². The van der Waals surface area contributed by atoms with Crippen LogP contribution < -0.4 is 4.74 Å². The Balaban J connectivity index is 2.01. The van der Waals surface area contributed by atoms with Crippen LogP contribution in [0.25, 0.3) is 0 Å². The number of benzene rings is 1. The minimum absolute atomic E-state index is 0.124. The van der Waals surface area contributed by atoms with Gasteiger partial charge in [0.05, 0.1) is 7.11 Å². The van der Waals surface area contributed by atoms with E-state index in [4.69, 9.17) is 9.47 Å². The van der Waals surface area contributed by atoms with Crippen molar-refractivity contribution in [2.75, 3.05) is 7.11 Å². The molecule has 0 bridgehead atoms. The van der Waals surface area contributed by atoms with Crippen LogP contribution in [0.5, 0.6) is 5.75 Å². The highest BCUT2D eigenvalue weighted by Crippen LogP contribution is 2.35. The summed E-state index contributed by atoms with van der Waals surface area (Å²) >= 11 is 0. The fraction of sp³-hybridized carbons (Fsp3) is 0.467. The second-order valence-electron chi connectivity index (χ2n) is 4.92. The van der Waals surface area contributed by atoms with Crippen LogP contribution in [-0.4, -0.2) is 25.0 Å². The normalized spacial score (nSPS) is 15.7. The average Bonchev–Trinajstić information content (AvgIpc) is 3.20. The van der Waals surface area contributed by atoms with Crippen molar-refractivity contribution < 1.29 is 19.1 Å². The van der Waals surface area contributed by atoms with Gasteiger partial charge in [0.2, 0.25) is 0 Å². The quantitative estimate of drug-likeness (QED) is 0.737. The van der Waals surface area contributed by atoms with Crippen LogP contribution in [0.15, 0.2) is 24.3 Å². The third-order valence-corrected chi connectivity index (χ3v) is 3.12. The topological polar surface area (TPSA) is 52.6 Å². The number of esters is 1. The Hall–Kier alpha value is -1.84. The molecule has 19 heavy (non-hydrogen) atoms. The largest absolute Gasteiger partial charge is 0.478 e. The number of ether oxygens (including phenoxy) is 2. The molecule has 1 saturated carbocycles. The van der Waals surface area contributed by atoms with E-state index in [-0.39, 0.29) is 17.7 Å². The van der Waals surface area contributed by atoms with E-state index in [2.05, 4.69) is 0 Å². The molecule has 1 aromatic carbocycles. The van der Waals surface area contributed by atoms with Crippen molar-refractivity contribution in [3.05, 3.63) is 29.8 Å². The highest BCUT2D eigenvalue weighted by atomic mass is 16.6. The van der Waals surface area contributed by atoms with Gasteiger partial charge in [-0.1, -0.05) is 12.1 Å². The molecule has 0 N–H and O–H groups in total. The molecule has 1 aromatic rings. The van der Waals surface area contributed by atoms with Crippen LogP contribution >= 0.6 is 0 Å². The van der Waals surface area contributed by atoms with Gasteiger partial charge in [0.1, 0.15) is 11.5 Å². The fourth-order valence-electron chi connectivity index (χ4n) is 1.97. The van der Waals surface area contributed by atoms with E-state index in [0.29, 0.717) is 12.2 Å². The second kappa shape index (κ2) is 5.87. The first-order chi connectivity index (χ1) is 9.10. The number of rotatable bonds is 6. The molecule has 1 fully saturated rings. The lowest BCUT2D eigenvalue weighted by Gasteiger charge is -2.16. The van der Waals surface area contributed by atoms with Gasteiger partial charge in [0.25, 0.3) is 0 Å². The van der Waals surface area contributed by atoms with Gasteiger partial charge in [-0.3, -0.25) is 4.79 Å². The minimum atomic E-state index is -0.511. The highest BCUT2D eigenvalue weighted by molar-refractivity contribution is 5.78. The first kappa shape index (κ1) is 13.6. The van der Waals surface area contributed by atoms with Crippen molar-refractivity contribution in [3.8, 4) is 5.75 Å². The number of hydrogen-bond acceptors (Lipinski definition) is 4. The van der Waals surface area contributed by atoms with Crippen molar-refractivity contribution in [3.63, 3.8) is 0 Å². The predicted octanol–water partition coefficient (Wildman–Crippen LogP) is 2.15. The van der Waals surface area contributed by atoms with Crippen LogP contribution in [0, 0.1) is 5.92 Å². The van der Waals surface area contributed by atoms with Crippen molar-refractivity contribution >= 4 is 11.8 Å². The molecule has 0 aromatic heterocycles. The molecular weight excluding hydrogens is 244 g/mol. The summed E-state index contributed by atoms with van der Waals surface area (Å²) in [6, 6.07) is 7.27. The van der Waals surface area contributed by atoms with Crippen molar-refractivity contribution in [2.45, 2.75) is 32.3 Å². The molecule has 1 atom stereocenters. The molecular formula is C15H18O4. The summed E-state index contributed by atoms with van der Waals surface area (Å²) in [5, 5.41) is 0. The Kier molecular flexibility index (Phi) is 4.20. The first-order valence-corrected chi connectivity index (χ1v) is 6.43.